The lowest BCUT2D eigenvalue weighted by Gasteiger charge is -2.13. The minimum atomic E-state index is -1.03. The first-order chi connectivity index (χ1) is 9.52. The van der Waals surface area contributed by atoms with Crippen molar-refractivity contribution in [2.75, 3.05) is 5.75 Å². The standard InChI is InChI=1S/C14H16ClNO3S/c1-2-3-4-12(14(18)19)16-13(17)9-20-11-7-5-10(15)6-8-11/h2,5-8,12H,1,3-4,9H2,(H,16,17)(H,18,19). The van der Waals surface area contributed by atoms with E-state index in [-0.39, 0.29) is 11.7 Å². The van der Waals surface area contributed by atoms with Crippen molar-refractivity contribution in [1.82, 2.24) is 5.32 Å². The van der Waals surface area contributed by atoms with E-state index >= 15 is 0 Å². The van der Waals surface area contributed by atoms with E-state index in [0.29, 0.717) is 17.9 Å². The molecule has 2 N–H and O–H groups in total. The number of carboxylic acids is 1. The van der Waals surface area contributed by atoms with Gasteiger partial charge in [-0.25, -0.2) is 4.79 Å². The van der Waals surface area contributed by atoms with Gasteiger partial charge in [0.2, 0.25) is 5.91 Å². The average Bonchev–Trinajstić information content (AvgIpc) is 2.42. The Kier molecular flexibility index (Phi) is 7.18. The maximum Gasteiger partial charge on any atom is 0.326 e. The summed E-state index contributed by atoms with van der Waals surface area (Å²) in [5, 5.41) is 12.1. The minimum absolute atomic E-state index is 0.166. The predicted molar refractivity (Wildman–Crippen MR) is 81.2 cm³/mol. The van der Waals surface area contributed by atoms with Gasteiger partial charge < -0.3 is 10.4 Å². The van der Waals surface area contributed by atoms with E-state index in [4.69, 9.17) is 16.7 Å². The van der Waals surface area contributed by atoms with E-state index in [9.17, 15) is 9.59 Å². The Morgan fingerprint density at radius 3 is 2.60 bits per heavy atom. The summed E-state index contributed by atoms with van der Waals surface area (Å²) in [4.78, 5) is 23.6. The Morgan fingerprint density at radius 2 is 2.05 bits per heavy atom. The van der Waals surface area contributed by atoms with Crippen molar-refractivity contribution in [3.05, 3.63) is 41.9 Å². The molecule has 0 bridgehead atoms. The summed E-state index contributed by atoms with van der Waals surface area (Å²) in [5.74, 6) is -1.17. The van der Waals surface area contributed by atoms with Gasteiger partial charge in [0, 0.05) is 9.92 Å². The van der Waals surface area contributed by atoms with Gasteiger partial charge in [-0.15, -0.1) is 18.3 Å². The molecule has 6 heteroatoms. The number of amides is 1. The van der Waals surface area contributed by atoms with Crippen LogP contribution in [0.25, 0.3) is 0 Å². The molecule has 1 unspecified atom stereocenters. The highest BCUT2D eigenvalue weighted by Gasteiger charge is 2.18. The van der Waals surface area contributed by atoms with E-state index in [1.54, 1.807) is 18.2 Å². The molecule has 1 atom stereocenters. The van der Waals surface area contributed by atoms with E-state index in [2.05, 4.69) is 11.9 Å². The fourth-order valence-electron chi connectivity index (χ4n) is 1.46. The van der Waals surface area contributed by atoms with Gasteiger partial charge in [0.15, 0.2) is 0 Å². The molecule has 1 aromatic carbocycles. The second kappa shape index (κ2) is 8.66. The number of rotatable bonds is 8. The molecule has 0 aliphatic heterocycles. The molecule has 0 radical (unpaired) electrons. The minimum Gasteiger partial charge on any atom is -0.480 e. The van der Waals surface area contributed by atoms with Crippen LogP contribution in [0.4, 0.5) is 0 Å². The van der Waals surface area contributed by atoms with Crippen LogP contribution >= 0.6 is 23.4 Å². The third-order valence-corrected chi connectivity index (χ3v) is 3.74. The van der Waals surface area contributed by atoms with Gasteiger partial charge in [-0.1, -0.05) is 17.7 Å². The second-order valence-electron chi connectivity index (χ2n) is 4.07. The third-order valence-electron chi connectivity index (χ3n) is 2.48. The van der Waals surface area contributed by atoms with Crippen LogP contribution in [-0.2, 0) is 9.59 Å². The molecular weight excluding hydrogens is 298 g/mol. The van der Waals surface area contributed by atoms with E-state index in [1.165, 1.54) is 11.8 Å². The number of hydrogen-bond donors (Lipinski definition) is 2. The van der Waals surface area contributed by atoms with Crippen molar-refractivity contribution in [2.45, 2.75) is 23.8 Å². The number of thioether (sulfide) groups is 1. The smallest absolute Gasteiger partial charge is 0.326 e. The number of halogens is 1. The Bertz CT molecular complexity index is 476. The Hall–Kier alpha value is -1.46. The summed E-state index contributed by atoms with van der Waals surface area (Å²) in [7, 11) is 0. The summed E-state index contributed by atoms with van der Waals surface area (Å²) in [6.45, 7) is 3.53. The molecule has 0 saturated carbocycles. The van der Waals surface area contributed by atoms with Crippen LogP contribution in [0.3, 0.4) is 0 Å². The van der Waals surface area contributed by atoms with Crippen molar-refractivity contribution in [1.29, 1.82) is 0 Å². The number of aliphatic carboxylic acids is 1. The lowest BCUT2D eigenvalue weighted by molar-refractivity contribution is -0.141. The Labute approximate surface area is 127 Å². The summed E-state index contributed by atoms with van der Waals surface area (Å²) >= 11 is 7.10. The van der Waals surface area contributed by atoms with Crippen molar-refractivity contribution in [2.24, 2.45) is 0 Å². The number of carboxylic acid groups (broad SMARTS) is 1. The highest BCUT2D eigenvalue weighted by molar-refractivity contribution is 8.00. The quantitative estimate of drug-likeness (QED) is 0.572. The number of carbonyl (C=O) groups is 2. The zero-order valence-electron chi connectivity index (χ0n) is 10.8. The number of benzene rings is 1. The highest BCUT2D eigenvalue weighted by Crippen LogP contribution is 2.20. The number of allylic oxidation sites excluding steroid dienone is 1. The molecule has 0 spiro atoms. The summed E-state index contributed by atoms with van der Waals surface area (Å²) < 4.78 is 0. The first-order valence-corrected chi connectivity index (χ1v) is 7.40. The van der Waals surface area contributed by atoms with Crippen LogP contribution < -0.4 is 5.32 Å². The van der Waals surface area contributed by atoms with E-state index < -0.39 is 12.0 Å². The van der Waals surface area contributed by atoms with Crippen LogP contribution in [0.2, 0.25) is 5.02 Å². The fraction of sp³-hybridized carbons (Fsp3) is 0.286. The highest BCUT2D eigenvalue weighted by atomic mass is 35.5. The molecule has 1 rings (SSSR count). The maximum absolute atomic E-state index is 11.7. The van der Waals surface area contributed by atoms with Gasteiger partial charge in [0.05, 0.1) is 5.75 Å². The van der Waals surface area contributed by atoms with Gasteiger partial charge >= 0.3 is 5.97 Å². The van der Waals surface area contributed by atoms with Gasteiger partial charge in [0.1, 0.15) is 6.04 Å². The number of carbonyl (C=O) groups excluding carboxylic acids is 1. The number of nitrogens with one attached hydrogen (secondary N) is 1. The first kappa shape index (κ1) is 16.6. The zero-order valence-corrected chi connectivity index (χ0v) is 12.4. The van der Waals surface area contributed by atoms with Gasteiger partial charge in [-0.2, -0.15) is 0 Å². The summed E-state index contributed by atoms with van der Waals surface area (Å²) in [6.07, 6.45) is 2.52. The summed E-state index contributed by atoms with van der Waals surface area (Å²) in [5.41, 5.74) is 0. The van der Waals surface area contributed by atoms with E-state index in [0.717, 1.165) is 4.90 Å². The van der Waals surface area contributed by atoms with Crippen LogP contribution in [0, 0.1) is 0 Å². The van der Waals surface area contributed by atoms with Crippen LogP contribution in [0.5, 0.6) is 0 Å². The molecule has 0 fully saturated rings. The molecule has 1 amide bonds. The molecule has 0 aliphatic carbocycles. The van der Waals surface area contributed by atoms with Crippen LogP contribution in [-0.4, -0.2) is 28.8 Å². The van der Waals surface area contributed by atoms with Gasteiger partial charge in [-0.3, -0.25) is 4.79 Å². The van der Waals surface area contributed by atoms with Crippen LogP contribution in [0.15, 0.2) is 41.8 Å². The molecule has 0 heterocycles. The predicted octanol–water partition coefficient (Wildman–Crippen LogP) is 2.97. The first-order valence-electron chi connectivity index (χ1n) is 6.04. The van der Waals surface area contributed by atoms with Gasteiger partial charge in [-0.05, 0) is 37.1 Å². The largest absolute Gasteiger partial charge is 0.480 e. The second-order valence-corrected chi connectivity index (χ2v) is 5.55. The lowest BCUT2D eigenvalue weighted by atomic mass is 10.1. The molecule has 4 nitrogen and oxygen atoms in total. The molecule has 1 aromatic rings. The topological polar surface area (TPSA) is 66.4 Å². The maximum atomic E-state index is 11.7. The summed E-state index contributed by atoms with van der Waals surface area (Å²) in [6, 6.07) is 6.24. The fourth-order valence-corrected chi connectivity index (χ4v) is 2.29. The van der Waals surface area contributed by atoms with Crippen molar-refractivity contribution in [3.8, 4) is 0 Å². The molecule has 0 aliphatic rings. The van der Waals surface area contributed by atoms with Crippen molar-refractivity contribution in [3.63, 3.8) is 0 Å². The molecule has 0 saturated heterocycles. The monoisotopic (exact) mass is 313 g/mol. The molecule has 0 aromatic heterocycles. The molecule has 108 valence electrons. The van der Waals surface area contributed by atoms with E-state index in [1.807, 2.05) is 12.1 Å². The molecular formula is C14H16ClNO3S. The zero-order chi connectivity index (χ0) is 15.0. The third kappa shape index (κ3) is 6.12. The molecule has 20 heavy (non-hydrogen) atoms. The van der Waals surface area contributed by atoms with Crippen molar-refractivity contribution < 1.29 is 14.7 Å². The SMILES string of the molecule is C=CCCC(NC(=O)CSc1ccc(Cl)cc1)C(=O)O. The van der Waals surface area contributed by atoms with Crippen molar-refractivity contribution >= 4 is 35.2 Å². The van der Waals surface area contributed by atoms with Gasteiger partial charge in [0.25, 0.3) is 0 Å². The lowest BCUT2D eigenvalue weighted by Crippen LogP contribution is -2.41. The Balaban J connectivity index is 2.43. The average molecular weight is 314 g/mol. The Morgan fingerprint density at radius 1 is 1.40 bits per heavy atom. The number of hydrogen-bond acceptors (Lipinski definition) is 3. The van der Waals surface area contributed by atoms with Crippen LogP contribution in [0.1, 0.15) is 12.8 Å². The normalized spacial score (nSPS) is 11.7.